The Hall–Kier alpha value is -1.49. The van der Waals surface area contributed by atoms with Gasteiger partial charge in [-0.05, 0) is 38.8 Å². The maximum Gasteiger partial charge on any atom is 0.255 e. The lowest BCUT2D eigenvalue weighted by Crippen LogP contribution is -2.49. The Morgan fingerprint density at radius 2 is 2.25 bits per heavy atom. The van der Waals surface area contributed by atoms with Gasteiger partial charge in [-0.2, -0.15) is 10.2 Å². The predicted octanol–water partition coefficient (Wildman–Crippen LogP) is 1.42. The second-order valence-corrected chi connectivity index (χ2v) is 5.61. The van der Waals surface area contributed by atoms with Crippen molar-refractivity contribution in [2.75, 3.05) is 20.1 Å². The third-order valence-corrected chi connectivity index (χ3v) is 4.12. The highest BCUT2D eigenvalue weighted by Crippen LogP contribution is 2.20. The van der Waals surface area contributed by atoms with Crippen LogP contribution in [-0.4, -0.2) is 47.2 Å². The number of likely N-dealkylation sites (tertiary alicyclic amines) is 1. The van der Waals surface area contributed by atoms with E-state index in [1.165, 1.54) is 0 Å². The van der Waals surface area contributed by atoms with Crippen molar-refractivity contribution >= 4 is 5.91 Å². The Kier molecular flexibility index (Phi) is 4.70. The molecule has 2 heterocycles. The topological polar surface area (TPSA) is 58.1 Å². The van der Waals surface area contributed by atoms with Gasteiger partial charge in [0, 0.05) is 19.1 Å². The zero-order chi connectivity index (χ0) is 14.7. The third-order valence-electron chi connectivity index (χ3n) is 4.12. The molecule has 1 aromatic rings. The summed E-state index contributed by atoms with van der Waals surface area (Å²) in [4.78, 5) is 14.7. The number of rotatable bonds is 3. The molecule has 1 aliphatic heterocycles. The number of hydrogen-bond acceptors (Lipinski definition) is 4. The molecule has 0 spiro atoms. The van der Waals surface area contributed by atoms with Crippen molar-refractivity contribution in [1.82, 2.24) is 20.4 Å². The maximum absolute atomic E-state index is 12.7. The van der Waals surface area contributed by atoms with Gasteiger partial charge in [-0.1, -0.05) is 13.8 Å². The van der Waals surface area contributed by atoms with Gasteiger partial charge in [-0.25, -0.2) is 0 Å². The Morgan fingerprint density at radius 3 is 2.85 bits per heavy atom. The molecular weight excluding hydrogens is 252 g/mol. The molecule has 0 aliphatic carbocycles. The minimum absolute atomic E-state index is 0.0984. The fourth-order valence-corrected chi connectivity index (χ4v) is 2.89. The van der Waals surface area contributed by atoms with Gasteiger partial charge in [-0.15, -0.1) is 0 Å². The molecule has 0 saturated carbocycles. The van der Waals surface area contributed by atoms with Crippen molar-refractivity contribution in [3.05, 3.63) is 23.0 Å². The summed E-state index contributed by atoms with van der Waals surface area (Å²) in [6.07, 6.45) is 1.74. The Bertz CT molecular complexity index is 489. The van der Waals surface area contributed by atoms with E-state index in [1.54, 1.807) is 0 Å². The molecular formula is C15H24N4O. The minimum Gasteiger partial charge on any atom is -0.338 e. The average molecular weight is 276 g/mol. The summed E-state index contributed by atoms with van der Waals surface area (Å²) < 4.78 is 0. The van der Waals surface area contributed by atoms with Crippen molar-refractivity contribution in [2.24, 2.45) is 5.92 Å². The van der Waals surface area contributed by atoms with Gasteiger partial charge < -0.3 is 10.2 Å². The SMILES string of the molecule is CCc1nnc(C)cc1C(=O)N1CCC(NC)C(C)C1. The summed E-state index contributed by atoms with van der Waals surface area (Å²) in [5.74, 6) is 0.569. The van der Waals surface area contributed by atoms with Crippen LogP contribution in [0.1, 0.15) is 42.0 Å². The van der Waals surface area contributed by atoms with Gasteiger partial charge in [0.05, 0.1) is 17.0 Å². The molecule has 2 rings (SSSR count). The summed E-state index contributed by atoms with van der Waals surface area (Å²) >= 11 is 0. The largest absolute Gasteiger partial charge is 0.338 e. The third kappa shape index (κ3) is 2.98. The zero-order valence-electron chi connectivity index (χ0n) is 12.8. The molecule has 1 fully saturated rings. The van der Waals surface area contributed by atoms with Gasteiger partial charge in [0.1, 0.15) is 0 Å². The first kappa shape index (κ1) is 14.9. The number of aryl methyl sites for hydroxylation is 2. The molecule has 20 heavy (non-hydrogen) atoms. The Labute approximate surface area is 120 Å². The van der Waals surface area contributed by atoms with Crippen molar-refractivity contribution in [1.29, 1.82) is 0 Å². The number of nitrogens with zero attached hydrogens (tertiary/aromatic N) is 3. The number of aromatic nitrogens is 2. The average Bonchev–Trinajstić information content (AvgIpc) is 2.46. The van der Waals surface area contributed by atoms with Crippen LogP contribution in [0, 0.1) is 12.8 Å². The second-order valence-electron chi connectivity index (χ2n) is 5.61. The molecule has 0 aromatic carbocycles. The maximum atomic E-state index is 12.7. The molecule has 5 heteroatoms. The van der Waals surface area contributed by atoms with Crippen LogP contribution in [-0.2, 0) is 6.42 Å². The van der Waals surface area contributed by atoms with E-state index in [0.717, 1.165) is 42.9 Å². The van der Waals surface area contributed by atoms with E-state index in [1.807, 2.05) is 31.9 Å². The highest BCUT2D eigenvalue weighted by atomic mass is 16.2. The quantitative estimate of drug-likeness (QED) is 0.907. The fraction of sp³-hybridized carbons (Fsp3) is 0.667. The highest BCUT2D eigenvalue weighted by molar-refractivity contribution is 5.95. The normalized spacial score (nSPS) is 22.9. The molecule has 110 valence electrons. The van der Waals surface area contributed by atoms with Gasteiger partial charge >= 0.3 is 0 Å². The second kappa shape index (κ2) is 6.31. The van der Waals surface area contributed by atoms with E-state index in [-0.39, 0.29) is 5.91 Å². The molecule has 5 nitrogen and oxygen atoms in total. The summed E-state index contributed by atoms with van der Waals surface area (Å²) in [5, 5.41) is 11.5. The van der Waals surface area contributed by atoms with E-state index < -0.39 is 0 Å². The predicted molar refractivity (Wildman–Crippen MR) is 78.7 cm³/mol. The van der Waals surface area contributed by atoms with Crippen LogP contribution in [0.4, 0.5) is 0 Å². The van der Waals surface area contributed by atoms with Crippen LogP contribution in [0.5, 0.6) is 0 Å². The number of amides is 1. The van der Waals surface area contributed by atoms with Crippen molar-refractivity contribution in [3.63, 3.8) is 0 Å². The van der Waals surface area contributed by atoms with Crippen LogP contribution < -0.4 is 5.32 Å². The monoisotopic (exact) mass is 276 g/mol. The van der Waals surface area contributed by atoms with Crippen LogP contribution in [0.25, 0.3) is 0 Å². The lowest BCUT2D eigenvalue weighted by Gasteiger charge is -2.37. The molecule has 1 saturated heterocycles. The Morgan fingerprint density at radius 1 is 1.50 bits per heavy atom. The molecule has 0 bridgehead atoms. The van der Waals surface area contributed by atoms with Crippen LogP contribution in [0.15, 0.2) is 6.07 Å². The number of hydrogen-bond donors (Lipinski definition) is 1. The molecule has 1 aliphatic rings. The summed E-state index contributed by atoms with van der Waals surface area (Å²) in [6.45, 7) is 7.68. The first-order chi connectivity index (χ1) is 9.56. The zero-order valence-corrected chi connectivity index (χ0v) is 12.8. The highest BCUT2D eigenvalue weighted by Gasteiger charge is 2.29. The molecule has 1 amide bonds. The van der Waals surface area contributed by atoms with E-state index in [9.17, 15) is 4.79 Å². The summed E-state index contributed by atoms with van der Waals surface area (Å²) in [5.41, 5.74) is 2.31. The molecule has 1 aromatic heterocycles. The molecule has 2 unspecified atom stereocenters. The number of carbonyl (C=O) groups is 1. The van der Waals surface area contributed by atoms with E-state index in [0.29, 0.717) is 12.0 Å². The summed E-state index contributed by atoms with van der Waals surface area (Å²) in [6, 6.07) is 2.37. The number of nitrogens with one attached hydrogen (secondary N) is 1. The fourth-order valence-electron chi connectivity index (χ4n) is 2.89. The van der Waals surface area contributed by atoms with Crippen molar-refractivity contribution in [3.8, 4) is 0 Å². The number of piperidine rings is 1. The lowest BCUT2D eigenvalue weighted by atomic mass is 9.93. The van der Waals surface area contributed by atoms with E-state index in [4.69, 9.17) is 0 Å². The van der Waals surface area contributed by atoms with Crippen LogP contribution >= 0.6 is 0 Å². The van der Waals surface area contributed by atoms with Crippen LogP contribution in [0.3, 0.4) is 0 Å². The number of carbonyl (C=O) groups excluding carboxylic acids is 1. The van der Waals surface area contributed by atoms with Gasteiger partial charge in [0.2, 0.25) is 0 Å². The first-order valence-electron chi connectivity index (χ1n) is 7.36. The minimum atomic E-state index is 0.0984. The molecule has 1 N–H and O–H groups in total. The standard InChI is InChI=1S/C15H24N4O/c1-5-13-12(8-11(3)17-18-13)15(20)19-7-6-14(16-4)10(2)9-19/h8,10,14,16H,5-7,9H2,1-4H3. The van der Waals surface area contributed by atoms with E-state index >= 15 is 0 Å². The smallest absolute Gasteiger partial charge is 0.255 e. The van der Waals surface area contributed by atoms with Gasteiger partial charge in [0.15, 0.2) is 0 Å². The van der Waals surface area contributed by atoms with Crippen molar-refractivity contribution in [2.45, 2.75) is 39.7 Å². The molecule has 0 radical (unpaired) electrons. The Balaban J connectivity index is 2.18. The van der Waals surface area contributed by atoms with Crippen molar-refractivity contribution < 1.29 is 4.79 Å². The lowest BCUT2D eigenvalue weighted by molar-refractivity contribution is 0.0647. The first-order valence-corrected chi connectivity index (χ1v) is 7.36. The van der Waals surface area contributed by atoms with Gasteiger partial charge in [0.25, 0.3) is 5.91 Å². The van der Waals surface area contributed by atoms with E-state index in [2.05, 4.69) is 22.4 Å². The van der Waals surface area contributed by atoms with Crippen LogP contribution in [0.2, 0.25) is 0 Å². The van der Waals surface area contributed by atoms with Gasteiger partial charge in [-0.3, -0.25) is 4.79 Å². The summed E-state index contributed by atoms with van der Waals surface area (Å²) in [7, 11) is 1.99. The molecule has 2 atom stereocenters.